The lowest BCUT2D eigenvalue weighted by Crippen LogP contribution is -2.46. The Bertz CT molecular complexity index is 471. The van der Waals surface area contributed by atoms with Gasteiger partial charge in [-0.25, -0.2) is 0 Å². The van der Waals surface area contributed by atoms with Crippen LogP contribution in [0.15, 0.2) is 18.2 Å². The molecule has 2 N–H and O–H groups in total. The van der Waals surface area contributed by atoms with Gasteiger partial charge in [0, 0.05) is 12.2 Å². The number of amides is 1. The van der Waals surface area contributed by atoms with Gasteiger partial charge in [0.1, 0.15) is 5.75 Å². The van der Waals surface area contributed by atoms with Crippen LogP contribution >= 0.6 is 12.4 Å². The molecule has 20 heavy (non-hydrogen) atoms. The molecule has 1 aromatic rings. The van der Waals surface area contributed by atoms with Gasteiger partial charge in [-0.15, -0.1) is 12.4 Å². The van der Waals surface area contributed by atoms with Crippen molar-refractivity contribution in [1.29, 1.82) is 0 Å². The van der Waals surface area contributed by atoms with Crippen molar-refractivity contribution in [2.24, 2.45) is 5.41 Å². The molecule has 0 aromatic heterocycles. The standard InChI is InChI=1S/C15H22N2O2.ClH/c1-11-9-12(19-3)5-6-13(11)17-14(18)15(2)7-4-8-16-10-15;/h5-6,9,16H,4,7-8,10H2,1-3H3,(H,17,18);1H. The van der Waals surface area contributed by atoms with Crippen molar-refractivity contribution in [3.05, 3.63) is 23.8 Å². The first kappa shape index (κ1) is 16.8. The number of hydrogen-bond donors (Lipinski definition) is 2. The predicted molar refractivity (Wildman–Crippen MR) is 83.8 cm³/mol. The molecule has 1 saturated heterocycles. The molecule has 1 amide bonds. The van der Waals surface area contributed by atoms with Crippen LogP contribution in [0.5, 0.6) is 5.75 Å². The number of nitrogens with one attached hydrogen (secondary N) is 2. The molecule has 2 rings (SSSR count). The number of halogens is 1. The van der Waals surface area contributed by atoms with E-state index in [0.717, 1.165) is 42.9 Å². The van der Waals surface area contributed by atoms with E-state index in [2.05, 4.69) is 10.6 Å². The van der Waals surface area contributed by atoms with E-state index in [4.69, 9.17) is 4.74 Å². The summed E-state index contributed by atoms with van der Waals surface area (Å²) < 4.78 is 5.17. The van der Waals surface area contributed by atoms with Crippen molar-refractivity contribution in [2.75, 3.05) is 25.5 Å². The smallest absolute Gasteiger partial charge is 0.231 e. The summed E-state index contributed by atoms with van der Waals surface area (Å²) in [6.07, 6.45) is 1.98. The summed E-state index contributed by atoms with van der Waals surface area (Å²) in [5, 5.41) is 6.33. The Morgan fingerprint density at radius 1 is 1.45 bits per heavy atom. The average Bonchev–Trinajstić information content (AvgIpc) is 2.41. The van der Waals surface area contributed by atoms with Gasteiger partial charge in [-0.05, 0) is 57.0 Å². The first-order valence-corrected chi connectivity index (χ1v) is 6.72. The number of aryl methyl sites for hydroxylation is 1. The molecule has 5 heteroatoms. The Labute approximate surface area is 126 Å². The first-order valence-electron chi connectivity index (χ1n) is 6.72. The van der Waals surface area contributed by atoms with Gasteiger partial charge in [-0.2, -0.15) is 0 Å². The normalized spacial score (nSPS) is 21.8. The molecule has 0 bridgehead atoms. The molecule has 0 saturated carbocycles. The fraction of sp³-hybridized carbons (Fsp3) is 0.533. The van der Waals surface area contributed by atoms with E-state index in [1.165, 1.54) is 0 Å². The quantitative estimate of drug-likeness (QED) is 0.902. The molecule has 1 fully saturated rings. The number of carbonyl (C=O) groups is 1. The minimum absolute atomic E-state index is 0. The fourth-order valence-electron chi connectivity index (χ4n) is 2.43. The van der Waals surface area contributed by atoms with Crippen molar-refractivity contribution >= 4 is 24.0 Å². The molecule has 0 spiro atoms. The molecule has 0 aliphatic carbocycles. The Kier molecular flexibility index (Phi) is 5.84. The van der Waals surface area contributed by atoms with E-state index in [1.807, 2.05) is 32.0 Å². The van der Waals surface area contributed by atoms with Crippen LogP contribution in [-0.4, -0.2) is 26.1 Å². The summed E-state index contributed by atoms with van der Waals surface area (Å²) in [6.45, 7) is 5.74. The molecule has 1 aliphatic heterocycles. The van der Waals surface area contributed by atoms with Crippen LogP contribution in [0, 0.1) is 12.3 Å². The third kappa shape index (κ3) is 3.64. The Morgan fingerprint density at radius 3 is 2.75 bits per heavy atom. The minimum Gasteiger partial charge on any atom is -0.497 e. The molecule has 1 atom stereocenters. The highest BCUT2D eigenvalue weighted by Crippen LogP contribution is 2.28. The second-order valence-corrected chi connectivity index (χ2v) is 5.48. The highest BCUT2D eigenvalue weighted by molar-refractivity contribution is 5.96. The number of ether oxygens (including phenoxy) is 1. The van der Waals surface area contributed by atoms with Gasteiger partial charge in [0.2, 0.25) is 5.91 Å². The van der Waals surface area contributed by atoms with Crippen LogP contribution in [0.25, 0.3) is 0 Å². The van der Waals surface area contributed by atoms with Gasteiger partial charge in [-0.3, -0.25) is 4.79 Å². The van der Waals surface area contributed by atoms with Crippen LogP contribution < -0.4 is 15.4 Å². The molecule has 4 nitrogen and oxygen atoms in total. The highest BCUT2D eigenvalue weighted by Gasteiger charge is 2.34. The molecule has 1 unspecified atom stereocenters. The zero-order valence-electron chi connectivity index (χ0n) is 12.3. The van der Waals surface area contributed by atoms with Gasteiger partial charge in [0.15, 0.2) is 0 Å². The Morgan fingerprint density at radius 2 is 2.20 bits per heavy atom. The van der Waals surface area contributed by atoms with Gasteiger partial charge in [0.25, 0.3) is 0 Å². The number of rotatable bonds is 3. The third-order valence-corrected chi connectivity index (χ3v) is 3.83. The number of benzene rings is 1. The van der Waals surface area contributed by atoms with Gasteiger partial charge in [-0.1, -0.05) is 0 Å². The monoisotopic (exact) mass is 298 g/mol. The van der Waals surface area contributed by atoms with E-state index in [-0.39, 0.29) is 23.7 Å². The molecular formula is C15H23ClN2O2. The lowest BCUT2D eigenvalue weighted by Gasteiger charge is -2.32. The Hall–Kier alpha value is -1.26. The van der Waals surface area contributed by atoms with Gasteiger partial charge >= 0.3 is 0 Å². The number of piperidine rings is 1. The predicted octanol–water partition coefficient (Wildman–Crippen LogP) is 2.75. The SMILES string of the molecule is COc1ccc(NC(=O)C2(C)CCCNC2)c(C)c1.Cl. The van der Waals surface area contributed by atoms with E-state index < -0.39 is 0 Å². The molecule has 1 heterocycles. The van der Waals surface area contributed by atoms with Gasteiger partial charge < -0.3 is 15.4 Å². The van der Waals surface area contributed by atoms with Crippen molar-refractivity contribution in [1.82, 2.24) is 5.32 Å². The zero-order valence-corrected chi connectivity index (χ0v) is 13.1. The van der Waals surface area contributed by atoms with Crippen LogP contribution in [-0.2, 0) is 4.79 Å². The Balaban J connectivity index is 0.00000200. The topological polar surface area (TPSA) is 50.4 Å². The summed E-state index contributed by atoms with van der Waals surface area (Å²) in [4.78, 5) is 12.4. The highest BCUT2D eigenvalue weighted by atomic mass is 35.5. The van der Waals surface area contributed by atoms with Crippen molar-refractivity contribution in [2.45, 2.75) is 26.7 Å². The van der Waals surface area contributed by atoms with Gasteiger partial charge in [0.05, 0.1) is 12.5 Å². The van der Waals surface area contributed by atoms with E-state index in [9.17, 15) is 4.79 Å². The number of anilines is 1. The van der Waals surface area contributed by atoms with Crippen molar-refractivity contribution < 1.29 is 9.53 Å². The van der Waals surface area contributed by atoms with Crippen molar-refractivity contribution in [3.8, 4) is 5.75 Å². The maximum absolute atomic E-state index is 12.4. The summed E-state index contributed by atoms with van der Waals surface area (Å²) >= 11 is 0. The van der Waals surface area contributed by atoms with E-state index in [0.29, 0.717) is 0 Å². The second-order valence-electron chi connectivity index (χ2n) is 5.48. The lowest BCUT2D eigenvalue weighted by atomic mass is 9.82. The summed E-state index contributed by atoms with van der Waals surface area (Å²) in [7, 11) is 1.64. The maximum atomic E-state index is 12.4. The van der Waals surface area contributed by atoms with Crippen LogP contribution in [0.3, 0.4) is 0 Å². The number of hydrogen-bond acceptors (Lipinski definition) is 3. The second kappa shape index (κ2) is 6.95. The number of methoxy groups -OCH3 is 1. The molecule has 112 valence electrons. The van der Waals surface area contributed by atoms with Crippen molar-refractivity contribution in [3.63, 3.8) is 0 Å². The fourth-order valence-corrected chi connectivity index (χ4v) is 2.43. The van der Waals surface area contributed by atoms with Crippen LogP contribution in [0.4, 0.5) is 5.69 Å². The molecule has 1 aromatic carbocycles. The largest absolute Gasteiger partial charge is 0.497 e. The van der Waals surface area contributed by atoms with Crippen LogP contribution in [0.1, 0.15) is 25.3 Å². The zero-order chi connectivity index (χ0) is 13.9. The summed E-state index contributed by atoms with van der Waals surface area (Å²) in [5.41, 5.74) is 1.56. The minimum atomic E-state index is -0.315. The van der Waals surface area contributed by atoms with E-state index in [1.54, 1.807) is 7.11 Å². The van der Waals surface area contributed by atoms with E-state index >= 15 is 0 Å². The first-order chi connectivity index (χ1) is 9.05. The summed E-state index contributed by atoms with van der Waals surface area (Å²) in [5.74, 6) is 0.897. The van der Waals surface area contributed by atoms with Crippen LogP contribution in [0.2, 0.25) is 0 Å². The molecule has 0 radical (unpaired) electrons. The average molecular weight is 299 g/mol. The molecular weight excluding hydrogens is 276 g/mol. The maximum Gasteiger partial charge on any atom is 0.231 e. The lowest BCUT2D eigenvalue weighted by molar-refractivity contribution is -0.125. The molecule has 1 aliphatic rings. The third-order valence-electron chi connectivity index (χ3n) is 3.83. The number of carbonyl (C=O) groups excluding carboxylic acids is 1. The summed E-state index contributed by atoms with van der Waals surface area (Å²) in [6, 6.07) is 5.69.